The second-order valence-electron chi connectivity index (χ2n) is 2.79. The van der Waals surface area contributed by atoms with Gasteiger partial charge in [-0.3, -0.25) is 0 Å². The van der Waals surface area contributed by atoms with E-state index in [-0.39, 0.29) is 13.1 Å². The Bertz CT molecular complexity index is 430. The summed E-state index contributed by atoms with van der Waals surface area (Å²) in [6.45, 7) is 0.0981. The number of nitrogens with one attached hydrogen (secondary N) is 1. The number of halogens is 1. The predicted octanol–water partition coefficient (Wildman–Crippen LogP) is 1.03. The zero-order valence-corrected chi connectivity index (χ0v) is 9.36. The molecule has 1 rings (SSSR count). The Morgan fingerprint density at radius 1 is 1.44 bits per heavy atom. The number of rotatable bonds is 4. The van der Waals surface area contributed by atoms with Crippen LogP contribution in [0.1, 0.15) is 0 Å². The minimum absolute atomic E-state index is 0.0491. The summed E-state index contributed by atoms with van der Waals surface area (Å²) in [6.07, 6.45) is 1.43. The fourth-order valence-corrected chi connectivity index (χ4v) is 1.29. The minimum atomic E-state index is 0.0491. The van der Waals surface area contributed by atoms with Gasteiger partial charge in [0.15, 0.2) is 5.82 Å². The predicted molar refractivity (Wildman–Crippen MR) is 60.0 cm³/mol. The van der Waals surface area contributed by atoms with E-state index in [4.69, 9.17) is 22.1 Å². The Kier molecular flexibility index (Phi) is 4.31. The second kappa shape index (κ2) is 5.74. The average Bonchev–Trinajstić information content (AvgIpc) is 2.29. The van der Waals surface area contributed by atoms with Crippen LogP contribution in [0.2, 0.25) is 5.02 Å². The summed E-state index contributed by atoms with van der Waals surface area (Å²) in [5.41, 5.74) is 0. The molecule has 0 bridgehead atoms. The van der Waals surface area contributed by atoms with E-state index in [9.17, 15) is 0 Å². The van der Waals surface area contributed by atoms with Crippen LogP contribution in [-0.2, 0) is 0 Å². The van der Waals surface area contributed by atoms with Gasteiger partial charge in [-0.1, -0.05) is 11.6 Å². The normalized spacial score (nSPS) is 9.00. The highest BCUT2D eigenvalue weighted by molar-refractivity contribution is 6.32. The number of hydrogen-bond acceptors (Lipinski definition) is 6. The molecule has 0 radical (unpaired) electrons. The Morgan fingerprint density at radius 3 is 2.56 bits per heavy atom. The van der Waals surface area contributed by atoms with E-state index in [1.807, 2.05) is 12.1 Å². The van der Waals surface area contributed by atoms with Gasteiger partial charge in [-0.15, -0.1) is 0 Å². The molecule has 0 aliphatic rings. The van der Waals surface area contributed by atoms with Crippen LogP contribution in [0.3, 0.4) is 0 Å². The second-order valence-corrected chi connectivity index (χ2v) is 3.19. The van der Waals surface area contributed by atoms with Crippen molar-refractivity contribution in [2.45, 2.75) is 0 Å². The smallest absolute Gasteiger partial charge is 0.224 e. The van der Waals surface area contributed by atoms with Crippen molar-refractivity contribution in [2.24, 2.45) is 0 Å². The quantitative estimate of drug-likeness (QED) is 0.786. The first-order valence-electron chi connectivity index (χ1n) is 4.42. The van der Waals surface area contributed by atoms with Crippen LogP contribution in [0.25, 0.3) is 0 Å². The van der Waals surface area contributed by atoms with Crippen LogP contribution in [0.5, 0.6) is 0 Å². The summed E-state index contributed by atoms with van der Waals surface area (Å²) in [5, 5.41) is 20.3. The van der Waals surface area contributed by atoms with E-state index < -0.39 is 0 Å². The molecule has 0 atom stereocenters. The Balaban J connectivity index is 3.08. The fourth-order valence-electron chi connectivity index (χ4n) is 1.08. The Hall–Kier alpha value is -2.05. The summed E-state index contributed by atoms with van der Waals surface area (Å²) in [4.78, 5) is 9.49. The van der Waals surface area contributed by atoms with Gasteiger partial charge < -0.3 is 10.2 Å². The third kappa shape index (κ3) is 2.72. The van der Waals surface area contributed by atoms with Crippen LogP contribution < -0.4 is 10.2 Å². The fraction of sp³-hybridized carbons (Fsp3) is 0.333. The van der Waals surface area contributed by atoms with Gasteiger partial charge in [0.1, 0.15) is 18.1 Å². The molecule has 0 saturated carbocycles. The van der Waals surface area contributed by atoms with Crippen LogP contribution in [-0.4, -0.2) is 30.1 Å². The maximum Gasteiger partial charge on any atom is 0.224 e. The first-order chi connectivity index (χ1) is 7.72. The third-order valence-electron chi connectivity index (χ3n) is 1.77. The lowest BCUT2D eigenvalue weighted by atomic mass is 10.4. The average molecular weight is 237 g/mol. The van der Waals surface area contributed by atoms with Crippen molar-refractivity contribution < 1.29 is 0 Å². The SMILES string of the molecule is CNc1ncc(Cl)c(N(CC#N)CC#N)n1. The molecule has 1 N–H and O–H groups in total. The standard InChI is InChI=1S/C9H9ClN6/c1-13-9-14-6-7(10)8(15-9)16(4-2-11)5-3-12/h6H,4-5H2,1H3,(H,13,14,15). The van der Waals surface area contributed by atoms with Crippen molar-refractivity contribution >= 4 is 23.4 Å². The van der Waals surface area contributed by atoms with Gasteiger partial charge in [0.05, 0.1) is 18.3 Å². The summed E-state index contributed by atoms with van der Waals surface area (Å²) >= 11 is 5.91. The molecular formula is C9H9ClN6. The number of aromatic nitrogens is 2. The van der Waals surface area contributed by atoms with E-state index in [2.05, 4.69) is 15.3 Å². The molecule has 6 nitrogen and oxygen atoms in total. The minimum Gasteiger partial charge on any atom is -0.357 e. The molecule has 0 unspecified atom stereocenters. The molecule has 7 heteroatoms. The van der Waals surface area contributed by atoms with Crippen molar-refractivity contribution in [2.75, 3.05) is 30.4 Å². The van der Waals surface area contributed by atoms with Gasteiger partial charge in [-0.2, -0.15) is 15.5 Å². The van der Waals surface area contributed by atoms with Crippen LogP contribution >= 0.6 is 11.6 Å². The van der Waals surface area contributed by atoms with Gasteiger partial charge in [-0.05, 0) is 0 Å². The summed E-state index contributed by atoms with van der Waals surface area (Å²) in [5.74, 6) is 0.768. The first kappa shape index (κ1) is 12.0. The van der Waals surface area contributed by atoms with Crippen molar-refractivity contribution in [1.82, 2.24) is 9.97 Å². The van der Waals surface area contributed by atoms with Crippen molar-refractivity contribution in [3.63, 3.8) is 0 Å². The van der Waals surface area contributed by atoms with Gasteiger partial charge >= 0.3 is 0 Å². The van der Waals surface area contributed by atoms with E-state index in [0.29, 0.717) is 16.8 Å². The van der Waals surface area contributed by atoms with Gasteiger partial charge in [-0.25, -0.2) is 4.98 Å². The summed E-state index contributed by atoms with van der Waals surface area (Å²) < 4.78 is 0. The summed E-state index contributed by atoms with van der Waals surface area (Å²) in [7, 11) is 1.67. The lowest BCUT2D eigenvalue weighted by Crippen LogP contribution is -2.25. The topological polar surface area (TPSA) is 88.6 Å². The number of hydrogen-bond donors (Lipinski definition) is 1. The number of nitrogens with zero attached hydrogens (tertiary/aromatic N) is 5. The molecule has 0 fully saturated rings. The van der Waals surface area contributed by atoms with Gasteiger partial charge in [0, 0.05) is 7.05 Å². The van der Waals surface area contributed by atoms with E-state index in [1.54, 1.807) is 7.05 Å². The van der Waals surface area contributed by atoms with Crippen LogP contribution in [0, 0.1) is 22.7 Å². The molecule has 1 heterocycles. The van der Waals surface area contributed by atoms with Crippen LogP contribution in [0.15, 0.2) is 6.20 Å². The van der Waals surface area contributed by atoms with E-state index >= 15 is 0 Å². The van der Waals surface area contributed by atoms with Gasteiger partial charge in [0.2, 0.25) is 5.95 Å². The molecule has 0 saturated heterocycles. The summed E-state index contributed by atoms with van der Waals surface area (Å²) in [6, 6.07) is 3.90. The van der Waals surface area contributed by atoms with Crippen LogP contribution in [0.4, 0.5) is 11.8 Å². The van der Waals surface area contributed by atoms with Crippen molar-refractivity contribution in [3.05, 3.63) is 11.2 Å². The van der Waals surface area contributed by atoms with E-state index in [1.165, 1.54) is 11.1 Å². The van der Waals surface area contributed by atoms with Gasteiger partial charge in [0.25, 0.3) is 0 Å². The third-order valence-corrected chi connectivity index (χ3v) is 2.04. The molecule has 0 amide bonds. The highest BCUT2D eigenvalue weighted by Crippen LogP contribution is 2.23. The number of nitriles is 2. The Morgan fingerprint density at radius 2 is 2.06 bits per heavy atom. The largest absolute Gasteiger partial charge is 0.357 e. The highest BCUT2D eigenvalue weighted by Gasteiger charge is 2.12. The number of anilines is 2. The highest BCUT2D eigenvalue weighted by atomic mass is 35.5. The lowest BCUT2D eigenvalue weighted by Gasteiger charge is -2.18. The van der Waals surface area contributed by atoms with Crippen molar-refractivity contribution in [1.29, 1.82) is 10.5 Å². The zero-order valence-electron chi connectivity index (χ0n) is 8.61. The Labute approximate surface area is 98.1 Å². The lowest BCUT2D eigenvalue weighted by molar-refractivity contribution is 0.927. The molecule has 1 aromatic heterocycles. The molecule has 0 aliphatic carbocycles. The monoisotopic (exact) mass is 236 g/mol. The molecule has 16 heavy (non-hydrogen) atoms. The molecule has 0 aromatic carbocycles. The molecule has 0 aliphatic heterocycles. The zero-order chi connectivity index (χ0) is 12.0. The maximum atomic E-state index is 8.64. The molecule has 1 aromatic rings. The van der Waals surface area contributed by atoms with E-state index in [0.717, 1.165) is 0 Å². The maximum absolute atomic E-state index is 8.64. The molecule has 82 valence electrons. The van der Waals surface area contributed by atoms with Crippen molar-refractivity contribution in [3.8, 4) is 12.1 Å². The first-order valence-corrected chi connectivity index (χ1v) is 4.80. The molecule has 0 spiro atoms. The molecular weight excluding hydrogens is 228 g/mol.